The molecule has 1 aromatic heterocycles. The number of hydrogen-bond acceptors (Lipinski definition) is 4. The zero-order valence-corrected chi connectivity index (χ0v) is 14.2. The normalized spacial score (nSPS) is 23.8. The number of likely N-dealkylation sites (tertiary alicyclic amines) is 1. The van der Waals surface area contributed by atoms with Crippen molar-refractivity contribution in [2.45, 2.75) is 25.4 Å². The lowest BCUT2D eigenvalue weighted by Gasteiger charge is -2.38. The summed E-state index contributed by atoms with van der Waals surface area (Å²) >= 11 is 0. The molecule has 0 aromatic carbocycles. The van der Waals surface area contributed by atoms with Crippen LogP contribution in [0, 0.1) is 6.92 Å². The Morgan fingerprint density at radius 3 is 3.00 bits per heavy atom. The van der Waals surface area contributed by atoms with E-state index in [4.69, 9.17) is 4.74 Å². The molecule has 7 nitrogen and oxygen atoms in total. The molecule has 0 unspecified atom stereocenters. The first-order chi connectivity index (χ1) is 11.5. The quantitative estimate of drug-likeness (QED) is 0.878. The van der Waals surface area contributed by atoms with Crippen LogP contribution < -0.4 is 5.32 Å². The number of pyridine rings is 1. The predicted octanol–water partition coefficient (Wildman–Crippen LogP) is 0.575. The average Bonchev–Trinajstić information content (AvgIpc) is 2.95. The Bertz CT molecular complexity index is 636. The Labute approximate surface area is 142 Å². The Kier molecular flexibility index (Phi) is 4.71. The highest BCUT2D eigenvalue weighted by molar-refractivity contribution is 5.78. The molecule has 1 N–H and O–H groups in total. The van der Waals surface area contributed by atoms with Gasteiger partial charge in [0.15, 0.2) is 0 Å². The van der Waals surface area contributed by atoms with Crippen LogP contribution in [-0.4, -0.2) is 72.2 Å². The maximum Gasteiger partial charge on any atom is 0.317 e. The van der Waals surface area contributed by atoms with Crippen molar-refractivity contribution in [1.29, 1.82) is 0 Å². The SMILES string of the molecule is Cc1cccc(CCNC(=O)N2CC[C@]3(CN(C)C(=O)CO3)C2)n1. The summed E-state index contributed by atoms with van der Waals surface area (Å²) in [4.78, 5) is 31.8. The predicted molar refractivity (Wildman–Crippen MR) is 88.6 cm³/mol. The number of likely N-dealkylation sites (N-methyl/N-ethyl adjacent to an activating group) is 1. The van der Waals surface area contributed by atoms with Gasteiger partial charge in [-0.05, 0) is 25.5 Å². The Balaban J connectivity index is 1.47. The number of nitrogens with one attached hydrogen (secondary N) is 1. The van der Waals surface area contributed by atoms with E-state index in [2.05, 4.69) is 10.3 Å². The zero-order chi connectivity index (χ0) is 17.2. The van der Waals surface area contributed by atoms with Gasteiger partial charge in [0, 0.05) is 37.9 Å². The zero-order valence-electron chi connectivity index (χ0n) is 14.2. The summed E-state index contributed by atoms with van der Waals surface area (Å²) in [5.41, 5.74) is 1.55. The molecule has 0 saturated carbocycles. The molecule has 24 heavy (non-hydrogen) atoms. The highest BCUT2D eigenvalue weighted by Gasteiger charge is 2.45. The minimum absolute atomic E-state index is 0.00539. The molecule has 2 saturated heterocycles. The van der Waals surface area contributed by atoms with E-state index in [-0.39, 0.29) is 18.5 Å². The molecule has 2 aliphatic heterocycles. The van der Waals surface area contributed by atoms with Crippen molar-refractivity contribution >= 4 is 11.9 Å². The Morgan fingerprint density at radius 2 is 2.25 bits per heavy atom. The van der Waals surface area contributed by atoms with E-state index < -0.39 is 5.60 Å². The van der Waals surface area contributed by atoms with Crippen LogP contribution in [0.15, 0.2) is 18.2 Å². The molecule has 1 atom stereocenters. The summed E-state index contributed by atoms with van der Waals surface area (Å²) in [6.45, 7) is 4.33. The minimum atomic E-state index is -0.405. The second-order valence-electron chi connectivity index (χ2n) is 6.65. The van der Waals surface area contributed by atoms with Crippen molar-refractivity contribution in [3.8, 4) is 0 Å². The highest BCUT2D eigenvalue weighted by atomic mass is 16.5. The van der Waals surface area contributed by atoms with Crippen LogP contribution in [0.5, 0.6) is 0 Å². The topological polar surface area (TPSA) is 74.8 Å². The third kappa shape index (κ3) is 3.67. The van der Waals surface area contributed by atoms with Crippen molar-refractivity contribution < 1.29 is 14.3 Å². The van der Waals surface area contributed by atoms with Crippen molar-refractivity contribution in [3.05, 3.63) is 29.6 Å². The molecular weight excluding hydrogens is 308 g/mol. The van der Waals surface area contributed by atoms with E-state index in [1.165, 1.54) is 0 Å². The van der Waals surface area contributed by atoms with Gasteiger partial charge in [-0.1, -0.05) is 6.07 Å². The first-order valence-corrected chi connectivity index (χ1v) is 8.31. The van der Waals surface area contributed by atoms with E-state index >= 15 is 0 Å². The van der Waals surface area contributed by atoms with Crippen LogP contribution in [0.3, 0.4) is 0 Å². The molecule has 2 aliphatic rings. The molecule has 2 fully saturated rings. The number of morpholine rings is 1. The van der Waals surface area contributed by atoms with E-state index in [9.17, 15) is 9.59 Å². The molecule has 0 aliphatic carbocycles. The average molecular weight is 332 g/mol. The third-order valence-electron chi connectivity index (χ3n) is 4.66. The van der Waals surface area contributed by atoms with Crippen LogP contribution in [0.2, 0.25) is 0 Å². The molecule has 3 amide bonds. The number of nitrogens with zero attached hydrogens (tertiary/aromatic N) is 3. The van der Waals surface area contributed by atoms with Crippen molar-refractivity contribution in [2.75, 3.05) is 39.8 Å². The van der Waals surface area contributed by atoms with Gasteiger partial charge >= 0.3 is 6.03 Å². The summed E-state index contributed by atoms with van der Waals surface area (Å²) in [5, 5.41) is 2.95. The number of rotatable bonds is 3. The van der Waals surface area contributed by atoms with Gasteiger partial charge in [-0.2, -0.15) is 0 Å². The second-order valence-corrected chi connectivity index (χ2v) is 6.65. The third-order valence-corrected chi connectivity index (χ3v) is 4.66. The summed E-state index contributed by atoms with van der Waals surface area (Å²) in [6.07, 6.45) is 1.47. The van der Waals surface area contributed by atoms with Crippen molar-refractivity contribution in [3.63, 3.8) is 0 Å². The Hall–Kier alpha value is -2.15. The molecule has 1 spiro atoms. The number of aryl methyl sites for hydroxylation is 1. The van der Waals surface area contributed by atoms with Gasteiger partial charge < -0.3 is 19.9 Å². The van der Waals surface area contributed by atoms with E-state index in [1.54, 1.807) is 16.8 Å². The molecule has 130 valence electrons. The van der Waals surface area contributed by atoms with Crippen LogP contribution in [-0.2, 0) is 16.0 Å². The summed E-state index contributed by atoms with van der Waals surface area (Å²) < 4.78 is 5.75. The molecular formula is C17H24N4O3. The number of ether oxygens (including phenoxy) is 1. The first-order valence-electron chi connectivity index (χ1n) is 8.31. The lowest BCUT2D eigenvalue weighted by Crippen LogP contribution is -2.55. The fourth-order valence-electron chi connectivity index (χ4n) is 3.30. The van der Waals surface area contributed by atoms with Gasteiger partial charge in [-0.3, -0.25) is 9.78 Å². The summed E-state index contributed by atoms with van der Waals surface area (Å²) in [5.74, 6) is -0.00539. The minimum Gasteiger partial charge on any atom is -0.361 e. The fraction of sp³-hybridized carbons (Fsp3) is 0.588. The number of hydrogen-bond donors (Lipinski definition) is 1. The van der Waals surface area contributed by atoms with Gasteiger partial charge in [0.1, 0.15) is 12.2 Å². The number of amides is 3. The van der Waals surface area contributed by atoms with Crippen LogP contribution in [0.4, 0.5) is 4.79 Å². The first kappa shape index (κ1) is 16.7. The lowest BCUT2D eigenvalue weighted by molar-refractivity contribution is -0.158. The van der Waals surface area contributed by atoms with Gasteiger partial charge in [0.05, 0.1) is 13.1 Å². The smallest absolute Gasteiger partial charge is 0.317 e. The molecule has 3 heterocycles. The highest BCUT2D eigenvalue weighted by Crippen LogP contribution is 2.29. The van der Waals surface area contributed by atoms with Crippen LogP contribution in [0.25, 0.3) is 0 Å². The number of carbonyl (C=O) groups excluding carboxylic acids is 2. The number of carbonyl (C=O) groups is 2. The van der Waals surface area contributed by atoms with Crippen LogP contribution >= 0.6 is 0 Å². The number of urea groups is 1. The summed E-state index contributed by atoms with van der Waals surface area (Å²) in [7, 11) is 1.78. The van der Waals surface area contributed by atoms with Gasteiger partial charge in [-0.15, -0.1) is 0 Å². The molecule has 3 rings (SSSR count). The van der Waals surface area contributed by atoms with Gasteiger partial charge in [-0.25, -0.2) is 4.79 Å². The van der Waals surface area contributed by atoms with Crippen molar-refractivity contribution in [2.24, 2.45) is 0 Å². The van der Waals surface area contributed by atoms with Crippen molar-refractivity contribution in [1.82, 2.24) is 20.1 Å². The maximum atomic E-state index is 12.3. The largest absolute Gasteiger partial charge is 0.361 e. The maximum absolute atomic E-state index is 12.3. The van der Waals surface area contributed by atoms with E-state index in [0.717, 1.165) is 17.8 Å². The lowest BCUT2D eigenvalue weighted by atomic mass is 10.0. The van der Waals surface area contributed by atoms with E-state index in [0.29, 0.717) is 32.6 Å². The molecule has 1 aromatic rings. The second kappa shape index (κ2) is 6.76. The van der Waals surface area contributed by atoms with Crippen LogP contribution in [0.1, 0.15) is 17.8 Å². The standard InChI is InChI=1S/C17H24N4O3/c1-13-4-3-5-14(19-13)6-8-18-16(23)21-9-7-17(12-21)11-20(2)15(22)10-24-17/h3-5H,6-12H2,1-2H3,(H,18,23)/t17-/m0/s1. The van der Waals surface area contributed by atoms with Gasteiger partial charge in [0.25, 0.3) is 0 Å². The summed E-state index contributed by atoms with van der Waals surface area (Å²) in [6, 6.07) is 5.81. The monoisotopic (exact) mass is 332 g/mol. The molecule has 0 bridgehead atoms. The van der Waals surface area contributed by atoms with E-state index in [1.807, 2.05) is 25.1 Å². The fourth-order valence-corrected chi connectivity index (χ4v) is 3.30. The van der Waals surface area contributed by atoms with Gasteiger partial charge in [0.2, 0.25) is 5.91 Å². The Morgan fingerprint density at radius 1 is 1.42 bits per heavy atom. The molecule has 7 heteroatoms. The number of aromatic nitrogens is 1. The molecule has 0 radical (unpaired) electrons.